The number of amides is 2. The Bertz CT molecular complexity index is 2310. The quantitative estimate of drug-likeness (QED) is 0.251. The lowest BCUT2D eigenvalue weighted by Crippen LogP contribution is -2.47. The number of ether oxygens (including phenoxy) is 1. The number of carbonyl (C=O) groups is 2. The van der Waals surface area contributed by atoms with E-state index >= 15 is 0 Å². The van der Waals surface area contributed by atoms with Crippen molar-refractivity contribution in [3.8, 4) is 16.5 Å². The van der Waals surface area contributed by atoms with E-state index in [0.29, 0.717) is 16.3 Å². The molecule has 14 nitrogen and oxygen atoms in total. The first-order valence-electron chi connectivity index (χ1n) is 15.7. The second-order valence-electron chi connectivity index (χ2n) is 12.4. The fourth-order valence-electron chi connectivity index (χ4n) is 6.71. The first-order chi connectivity index (χ1) is 24.1. The number of rotatable bonds is 5. The molecule has 1 atom stereocenters. The summed E-state index contributed by atoms with van der Waals surface area (Å²) < 4.78 is 48.8. The Morgan fingerprint density at radius 1 is 1.14 bits per heavy atom. The minimum atomic E-state index is -4.62. The van der Waals surface area contributed by atoms with E-state index in [1.54, 1.807) is 20.8 Å². The Hall–Kier alpha value is -4.94. The number of aryl methyl sites for hydroxylation is 3. The van der Waals surface area contributed by atoms with E-state index in [0.717, 1.165) is 27.7 Å². The molecule has 2 amide bonds. The molecule has 0 saturated carbocycles. The standard InChI is InChI=1S/C32H29ClF3N9O5S/c1-14-25(47)23(38-13-37-14)29(49)43-9-7-31(8-10-43)22-24(16(3)50-31)44(12-21(46)40-20-6-5-18(11-19(20)33)32(34,35)36)30-41-27(42-45(30)28(22)48)26-15(2)39-17(4)51-26/h5-6,11,13,16,47H,7-10,12H2,1-4H3,(H,40,46). The number of piperidine rings is 1. The number of aromatic nitrogens is 7. The van der Waals surface area contributed by atoms with Gasteiger partial charge >= 0.3 is 6.18 Å². The molecule has 4 aromatic heterocycles. The fourth-order valence-corrected chi connectivity index (χ4v) is 7.78. The lowest BCUT2D eigenvalue weighted by atomic mass is 9.85. The zero-order valence-electron chi connectivity index (χ0n) is 27.5. The monoisotopic (exact) mass is 743 g/mol. The Labute approximate surface area is 295 Å². The van der Waals surface area contributed by atoms with Gasteiger partial charge in [0.1, 0.15) is 18.5 Å². The van der Waals surface area contributed by atoms with Crippen LogP contribution >= 0.6 is 22.9 Å². The van der Waals surface area contributed by atoms with Crippen LogP contribution in [-0.2, 0) is 27.9 Å². The van der Waals surface area contributed by atoms with Crippen LogP contribution in [0.15, 0.2) is 29.3 Å². The van der Waals surface area contributed by atoms with Crippen molar-refractivity contribution >= 4 is 46.2 Å². The summed E-state index contributed by atoms with van der Waals surface area (Å²) >= 11 is 7.47. The van der Waals surface area contributed by atoms with E-state index in [9.17, 15) is 32.7 Å². The Kier molecular flexibility index (Phi) is 8.38. The number of anilines is 1. The molecule has 0 bridgehead atoms. The maximum atomic E-state index is 14.4. The van der Waals surface area contributed by atoms with E-state index in [2.05, 4.69) is 30.4 Å². The van der Waals surface area contributed by atoms with Crippen molar-refractivity contribution in [3.63, 3.8) is 0 Å². The van der Waals surface area contributed by atoms with Gasteiger partial charge in [0.25, 0.3) is 11.5 Å². The second kappa shape index (κ2) is 12.4. The molecule has 51 heavy (non-hydrogen) atoms. The third kappa shape index (κ3) is 5.89. The first-order valence-corrected chi connectivity index (χ1v) is 16.9. The maximum absolute atomic E-state index is 14.4. The van der Waals surface area contributed by atoms with Crippen LogP contribution in [-0.4, -0.2) is 69.0 Å². The third-order valence-corrected chi connectivity index (χ3v) is 10.5. The summed E-state index contributed by atoms with van der Waals surface area (Å²) in [7, 11) is 0. The van der Waals surface area contributed by atoms with Crippen molar-refractivity contribution in [1.29, 1.82) is 0 Å². The van der Waals surface area contributed by atoms with Crippen LogP contribution in [0, 0.1) is 20.8 Å². The number of thiazole rings is 1. The largest absolute Gasteiger partial charge is 0.504 e. The van der Waals surface area contributed by atoms with Gasteiger partial charge in [0.15, 0.2) is 17.3 Å². The van der Waals surface area contributed by atoms with E-state index in [4.69, 9.17) is 16.3 Å². The van der Waals surface area contributed by atoms with Gasteiger partial charge in [-0.15, -0.1) is 16.4 Å². The van der Waals surface area contributed by atoms with Gasteiger partial charge in [-0.3, -0.25) is 14.4 Å². The van der Waals surface area contributed by atoms with Gasteiger partial charge in [0.2, 0.25) is 11.7 Å². The number of likely N-dealkylation sites (tertiary alicyclic amines) is 1. The number of nitrogens with zero attached hydrogens (tertiary/aromatic N) is 8. The zero-order chi connectivity index (χ0) is 36.6. The number of hydrogen-bond acceptors (Lipinski definition) is 11. The van der Waals surface area contributed by atoms with Crippen molar-refractivity contribution < 1.29 is 32.6 Å². The van der Waals surface area contributed by atoms with Crippen LogP contribution in [0.5, 0.6) is 5.75 Å². The number of carbonyl (C=O) groups excluding carboxylic acids is 2. The van der Waals surface area contributed by atoms with E-state index in [1.165, 1.54) is 27.1 Å². The van der Waals surface area contributed by atoms with Crippen molar-refractivity contribution in [1.82, 2.24) is 39.0 Å². The van der Waals surface area contributed by atoms with Gasteiger partial charge < -0.3 is 24.6 Å². The van der Waals surface area contributed by atoms with Crippen LogP contribution in [0.4, 0.5) is 18.9 Å². The van der Waals surface area contributed by atoms with Crippen LogP contribution in [0.25, 0.3) is 16.5 Å². The van der Waals surface area contributed by atoms with Gasteiger partial charge in [-0.2, -0.15) is 22.7 Å². The van der Waals surface area contributed by atoms with Crippen LogP contribution in [0.2, 0.25) is 5.02 Å². The number of hydrogen-bond donors (Lipinski definition) is 2. The lowest BCUT2D eigenvalue weighted by Gasteiger charge is -2.39. The Balaban J connectivity index is 1.28. The molecule has 1 saturated heterocycles. The Morgan fingerprint density at radius 2 is 1.86 bits per heavy atom. The molecule has 0 radical (unpaired) electrons. The van der Waals surface area contributed by atoms with Gasteiger partial charge in [-0.05, 0) is 58.7 Å². The average molecular weight is 744 g/mol. The molecule has 7 rings (SSSR count). The van der Waals surface area contributed by atoms with E-state index < -0.39 is 47.4 Å². The molecule has 19 heteroatoms. The number of halogens is 4. The molecule has 6 heterocycles. The highest BCUT2D eigenvalue weighted by molar-refractivity contribution is 7.15. The molecule has 1 spiro atoms. The first kappa shape index (κ1) is 34.5. The molecule has 1 aromatic carbocycles. The molecule has 1 fully saturated rings. The maximum Gasteiger partial charge on any atom is 0.416 e. The van der Waals surface area contributed by atoms with Gasteiger partial charge in [-0.25, -0.2) is 15.0 Å². The predicted octanol–water partition coefficient (Wildman–Crippen LogP) is 4.97. The molecule has 2 N–H and O–H groups in total. The highest BCUT2D eigenvalue weighted by Crippen LogP contribution is 2.48. The molecule has 266 valence electrons. The average Bonchev–Trinajstić information content (AvgIpc) is 3.74. The summed E-state index contributed by atoms with van der Waals surface area (Å²) in [5.74, 6) is -1.20. The number of fused-ring (bicyclic) bond motifs is 3. The summed E-state index contributed by atoms with van der Waals surface area (Å²) in [5, 5.41) is 18.0. The molecule has 2 aliphatic heterocycles. The van der Waals surface area contributed by atoms with Crippen LogP contribution in [0.1, 0.15) is 69.6 Å². The molecular formula is C32H29ClF3N9O5S. The lowest BCUT2D eigenvalue weighted by molar-refractivity contribution is -0.137. The molecule has 5 aromatic rings. The van der Waals surface area contributed by atoms with E-state index in [1.807, 2.05) is 6.92 Å². The summed E-state index contributed by atoms with van der Waals surface area (Å²) in [6, 6.07) is 2.60. The van der Waals surface area contributed by atoms with Crippen LogP contribution < -0.4 is 10.9 Å². The summed E-state index contributed by atoms with van der Waals surface area (Å²) in [5.41, 5.74) is -1.27. The van der Waals surface area contributed by atoms with Crippen molar-refractivity contribution in [2.24, 2.45) is 0 Å². The Morgan fingerprint density at radius 3 is 2.51 bits per heavy atom. The topological polar surface area (TPSA) is 170 Å². The molecular weight excluding hydrogens is 715 g/mol. The second-order valence-corrected chi connectivity index (χ2v) is 14.0. The summed E-state index contributed by atoms with van der Waals surface area (Å²) in [6.45, 7) is 6.79. The zero-order valence-corrected chi connectivity index (χ0v) is 29.1. The highest BCUT2D eigenvalue weighted by atomic mass is 35.5. The normalized spacial score (nSPS) is 16.9. The predicted molar refractivity (Wildman–Crippen MR) is 178 cm³/mol. The molecule has 1 unspecified atom stereocenters. The van der Waals surface area contributed by atoms with Gasteiger partial charge in [0.05, 0.1) is 54.9 Å². The minimum Gasteiger partial charge on any atom is -0.504 e. The van der Waals surface area contributed by atoms with Crippen molar-refractivity contribution in [2.75, 3.05) is 18.4 Å². The molecule has 0 aliphatic carbocycles. The number of aromatic hydroxyl groups is 1. The van der Waals surface area contributed by atoms with Crippen molar-refractivity contribution in [3.05, 3.63) is 78.8 Å². The number of nitrogens with one attached hydrogen (secondary N) is 1. The van der Waals surface area contributed by atoms with Gasteiger partial charge in [0, 0.05) is 13.1 Å². The number of alkyl halides is 3. The SMILES string of the molecule is Cc1nc(C)c(-c2nc3n(CC(=O)Nc4ccc(C(F)(F)F)cc4Cl)c4c(c(=O)n3n2)C2(CCN(C(=O)c3ncnc(C)c3O)CC2)OC4C)s1. The smallest absolute Gasteiger partial charge is 0.416 e. The minimum absolute atomic E-state index is 0.0379. The van der Waals surface area contributed by atoms with Gasteiger partial charge in [-0.1, -0.05) is 11.6 Å². The summed E-state index contributed by atoms with van der Waals surface area (Å²) in [6.07, 6.45) is -3.75. The summed E-state index contributed by atoms with van der Waals surface area (Å²) in [4.78, 5) is 60.5. The fraction of sp³-hybridized carbons (Fsp3) is 0.375. The van der Waals surface area contributed by atoms with Crippen molar-refractivity contribution in [2.45, 2.75) is 65.0 Å². The van der Waals surface area contributed by atoms with E-state index in [-0.39, 0.29) is 70.9 Å². The highest BCUT2D eigenvalue weighted by Gasteiger charge is 2.50. The van der Waals surface area contributed by atoms with Crippen LogP contribution in [0.3, 0.4) is 0 Å². The molecule has 2 aliphatic rings. The third-order valence-electron chi connectivity index (χ3n) is 9.07. The number of benzene rings is 1.